The molecule has 0 aliphatic heterocycles. The van der Waals surface area contributed by atoms with E-state index in [1.54, 1.807) is 0 Å². The van der Waals surface area contributed by atoms with E-state index < -0.39 is 0 Å². The summed E-state index contributed by atoms with van der Waals surface area (Å²) in [6, 6.07) is 16.1. The number of aryl methyl sites for hydroxylation is 1. The van der Waals surface area contributed by atoms with Gasteiger partial charge in [-0.3, -0.25) is 9.69 Å². The summed E-state index contributed by atoms with van der Waals surface area (Å²) in [7, 11) is 0. The van der Waals surface area contributed by atoms with Gasteiger partial charge in [-0.2, -0.15) is 0 Å². The molecule has 0 saturated heterocycles. The van der Waals surface area contributed by atoms with Gasteiger partial charge in [0.2, 0.25) is 5.91 Å². The fourth-order valence-electron chi connectivity index (χ4n) is 3.56. The van der Waals surface area contributed by atoms with Crippen molar-refractivity contribution in [3.63, 3.8) is 0 Å². The summed E-state index contributed by atoms with van der Waals surface area (Å²) in [5.74, 6) is 0.522. The van der Waals surface area contributed by atoms with E-state index >= 15 is 0 Å². The Morgan fingerprint density at radius 1 is 1.04 bits per heavy atom. The third-order valence-electron chi connectivity index (χ3n) is 5.19. The van der Waals surface area contributed by atoms with Crippen LogP contribution < -0.4 is 5.32 Å². The predicted molar refractivity (Wildman–Crippen MR) is 116 cm³/mol. The maximum Gasteiger partial charge on any atom is 0.238 e. The first-order chi connectivity index (χ1) is 13.3. The molecule has 0 fully saturated rings. The molecule has 2 aromatic carbocycles. The second kappa shape index (κ2) is 10.4. The third kappa shape index (κ3) is 5.91. The lowest BCUT2D eigenvalue weighted by atomic mass is 9.98. The molecule has 4 heteroatoms. The van der Waals surface area contributed by atoms with Crippen LogP contribution in [0.2, 0.25) is 0 Å². The third-order valence-corrected chi connectivity index (χ3v) is 5.19. The molecule has 4 nitrogen and oxygen atoms in total. The number of aliphatic hydroxyl groups is 1. The van der Waals surface area contributed by atoms with Gasteiger partial charge in [-0.25, -0.2) is 0 Å². The zero-order valence-electron chi connectivity index (χ0n) is 17.8. The van der Waals surface area contributed by atoms with Gasteiger partial charge >= 0.3 is 0 Å². The number of benzene rings is 2. The highest BCUT2D eigenvalue weighted by Gasteiger charge is 2.24. The van der Waals surface area contributed by atoms with Gasteiger partial charge < -0.3 is 10.4 Å². The van der Waals surface area contributed by atoms with E-state index in [-0.39, 0.29) is 31.0 Å². The van der Waals surface area contributed by atoms with Gasteiger partial charge in [0.1, 0.15) is 0 Å². The Hall–Kier alpha value is -2.17. The second-order valence-corrected chi connectivity index (χ2v) is 8.13. The van der Waals surface area contributed by atoms with Gasteiger partial charge in [-0.05, 0) is 35.4 Å². The maximum absolute atomic E-state index is 12.9. The Labute approximate surface area is 169 Å². The highest BCUT2D eigenvalue weighted by atomic mass is 16.3. The number of hydrogen-bond acceptors (Lipinski definition) is 3. The maximum atomic E-state index is 12.9. The van der Waals surface area contributed by atoms with E-state index in [2.05, 4.69) is 56.1 Å². The summed E-state index contributed by atoms with van der Waals surface area (Å²) < 4.78 is 0. The molecule has 2 N–H and O–H groups in total. The number of aliphatic hydroxyl groups excluding tert-OH is 1. The van der Waals surface area contributed by atoms with E-state index in [0.717, 1.165) is 22.4 Å². The molecule has 0 heterocycles. The number of nitrogens with one attached hydrogen (secondary N) is 1. The topological polar surface area (TPSA) is 52.6 Å². The minimum atomic E-state index is -0.0765. The number of carbonyl (C=O) groups excluding carboxylic acids is 1. The molecule has 0 saturated carbocycles. The molecule has 0 aliphatic rings. The van der Waals surface area contributed by atoms with Gasteiger partial charge in [-0.15, -0.1) is 0 Å². The van der Waals surface area contributed by atoms with Gasteiger partial charge in [-0.1, -0.05) is 76.2 Å². The molecule has 1 amide bonds. The molecule has 0 spiro atoms. The van der Waals surface area contributed by atoms with Crippen molar-refractivity contribution in [1.82, 2.24) is 4.90 Å². The smallest absolute Gasteiger partial charge is 0.238 e. The molecule has 0 radical (unpaired) electrons. The van der Waals surface area contributed by atoms with Crippen LogP contribution in [0.5, 0.6) is 0 Å². The lowest BCUT2D eigenvalue weighted by Gasteiger charge is -2.33. The van der Waals surface area contributed by atoms with Crippen LogP contribution >= 0.6 is 0 Å². The first kappa shape index (κ1) is 22.1. The number of anilines is 1. The predicted octanol–water partition coefficient (Wildman–Crippen LogP) is 4.58. The SMILES string of the molecule is Cc1cccc(C(C)C)c1NC(=O)CN(Cc1ccccc1)C(CO)C(C)C. The van der Waals surface area contributed by atoms with E-state index in [0.29, 0.717) is 12.5 Å². The average Bonchev–Trinajstić information content (AvgIpc) is 2.64. The van der Waals surface area contributed by atoms with E-state index in [4.69, 9.17) is 0 Å². The van der Waals surface area contributed by atoms with Gasteiger partial charge in [0.05, 0.1) is 13.2 Å². The van der Waals surface area contributed by atoms with Crippen LogP contribution in [0.4, 0.5) is 5.69 Å². The lowest BCUT2D eigenvalue weighted by molar-refractivity contribution is -0.118. The number of amides is 1. The van der Waals surface area contributed by atoms with Crippen molar-refractivity contribution in [2.45, 2.75) is 53.1 Å². The van der Waals surface area contributed by atoms with E-state index in [9.17, 15) is 9.90 Å². The highest BCUT2D eigenvalue weighted by Crippen LogP contribution is 2.27. The fourth-order valence-corrected chi connectivity index (χ4v) is 3.56. The standard InChI is InChI=1S/C24H34N2O2/c1-17(2)21-13-9-10-19(5)24(21)25-23(28)15-26(22(16-27)18(3)4)14-20-11-7-6-8-12-20/h6-13,17-18,22,27H,14-16H2,1-5H3,(H,25,28). The molecule has 152 valence electrons. The number of nitrogens with zero attached hydrogens (tertiary/aromatic N) is 1. The summed E-state index contributed by atoms with van der Waals surface area (Å²) in [4.78, 5) is 15.0. The van der Waals surface area contributed by atoms with Crippen LogP contribution in [0, 0.1) is 12.8 Å². The molecule has 0 aliphatic carbocycles. The summed E-state index contributed by atoms with van der Waals surface area (Å²) in [6.45, 7) is 11.3. The molecular formula is C24H34N2O2. The van der Waals surface area contributed by atoms with Crippen molar-refractivity contribution in [2.75, 3.05) is 18.5 Å². The minimum Gasteiger partial charge on any atom is -0.395 e. The minimum absolute atomic E-state index is 0.0272. The number of hydrogen-bond donors (Lipinski definition) is 2. The van der Waals surface area contributed by atoms with Crippen LogP contribution in [0.25, 0.3) is 0 Å². The molecule has 1 unspecified atom stereocenters. The van der Waals surface area contributed by atoms with Crippen molar-refractivity contribution >= 4 is 11.6 Å². The first-order valence-electron chi connectivity index (χ1n) is 10.1. The summed E-state index contributed by atoms with van der Waals surface area (Å²) in [5.41, 5.74) is 4.25. The van der Waals surface area contributed by atoms with Gasteiger partial charge in [0, 0.05) is 18.3 Å². The van der Waals surface area contributed by atoms with Crippen LogP contribution in [0.1, 0.15) is 50.3 Å². The molecule has 0 aromatic heterocycles. The van der Waals surface area contributed by atoms with Crippen LogP contribution in [0.3, 0.4) is 0 Å². The largest absolute Gasteiger partial charge is 0.395 e. The number of carbonyl (C=O) groups is 1. The number of para-hydroxylation sites is 1. The lowest BCUT2D eigenvalue weighted by Crippen LogP contribution is -2.45. The molecule has 1 atom stereocenters. The van der Waals surface area contributed by atoms with Crippen LogP contribution in [0.15, 0.2) is 48.5 Å². The molecule has 2 aromatic rings. The average molecular weight is 383 g/mol. The van der Waals surface area contributed by atoms with Crippen molar-refractivity contribution in [2.24, 2.45) is 5.92 Å². The van der Waals surface area contributed by atoms with Crippen LogP contribution in [-0.4, -0.2) is 35.1 Å². The Morgan fingerprint density at radius 2 is 1.71 bits per heavy atom. The fraction of sp³-hybridized carbons (Fsp3) is 0.458. The Balaban J connectivity index is 2.21. The number of rotatable bonds is 9. The molecule has 0 bridgehead atoms. The van der Waals surface area contributed by atoms with Crippen molar-refractivity contribution in [3.05, 3.63) is 65.2 Å². The quantitative estimate of drug-likeness (QED) is 0.668. The summed E-state index contributed by atoms with van der Waals surface area (Å²) in [6.07, 6.45) is 0. The molecular weight excluding hydrogens is 348 g/mol. The highest BCUT2D eigenvalue weighted by molar-refractivity contribution is 5.94. The van der Waals surface area contributed by atoms with Crippen LogP contribution in [-0.2, 0) is 11.3 Å². The Morgan fingerprint density at radius 3 is 2.29 bits per heavy atom. The Bertz CT molecular complexity index is 756. The summed E-state index contributed by atoms with van der Waals surface area (Å²) in [5, 5.41) is 13.1. The van der Waals surface area contributed by atoms with E-state index in [1.807, 2.05) is 37.3 Å². The van der Waals surface area contributed by atoms with Crippen molar-refractivity contribution in [1.29, 1.82) is 0 Å². The Kier molecular flexibility index (Phi) is 8.21. The normalized spacial score (nSPS) is 12.6. The molecule has 2 rings (SSSR count). The first-order valence-corrected chi connectivity index (χ1v) is 10.1. The zero-order chi connectivity index (χ0) is 20.7. The zero-order valence-corrected chi connectivity index (χ0v) is 17.8. The monoisotopic (exact) mass is 382 g/mol. The van der Waals surface area contributed by atoms with Gasteiger partial charge in [0.25, 0.3) is 0 Å². The van der Waals surface area contributed by atoms with Gasteiger partial charge in [0.15, 0.2) is 0 Å². The second-order valence-electron chi connectivity index (χ2n) is 8.13. The molecule has 28 heavy (non-hydrogen) atoms. The summed E-state index contributed by atoms with van der Waals surface area (Å²) >= 11 is 0. The van der Waals surface area contributed by atoms with Crippen molar-refractivity contribution in [3.8, 4) is 0 Å². The van der Waals surface area contributed by atoms with E-state index in [1.165, 1.54) is 0 Å². The van der Waals surface area contributed by atoms with Crippen molar-refractivity contribution < 1.29 is 9.90 Å².